The summed E-state index contributed by atoms with van der Waals surface area (Å²) >= 11 is 0. The molecule has 3 heteroatoms. The van der Waals surface area contributed by atoms with E-state index in [2.05, 4.69) is 43.1 Å². The molecule has 1 aliphatic heterocycles. The number of aromatic hydroxyl groups is 1. The summed E-state index contributed by atoms with van der Waals surface area (Å²) in [4.78, 5) is 2.43. The quantitative estimate of drug-likeness (QED) is 0.857. The van der Waals surface area contributed by atoms with E-state index in [4.69, 9.17) is 0 Å². The van der Waals surface area contributed by atoms with Gasteiger partial charge in [-0.15, -0.1) is 0 Å². The summed E-state index contributed by atoms with van der Waals surface area (Å²) in [5.41, 5.74) is 2.15. The Labute approximate surface area is 129 Å². The van der Waals surface area contributed by atoms with Crippen molar-refractivity contribution in [3.63, 3.8) is 0 Å². The third kappa shape index (κ3) is 4.13. The molecule has 21 heavy (non-hydrogen) atoms. The van der Waals surface area contributed by atoms with Crippen molar-refractivity contribution in [2.75, 3.05) is 24.5 Å². The summed E-state index contributed by atoms with van der Waals surface area (Å²) in [6.07, 6.45) is 5.16. The van der Waals surface area contributed by atoms with Crippen LogP contribution in [0.25, 0.3) is 0 Å². The maximum absolute atomic E-state index is 10.3. The molecule has 1 fully saturated rings. The lowest BCUT2D eigenvalue weighted by molar-refractivity contribution is 0.454. The Kier molecular flexibility index (Phi) is 5.92. The molecule has 0 bridgehead atoms. The highest BCUT2D eigenvalue weighted by Crippen LogP contribution is 2.31. The molecular weight excluding hydrogens is 260 g/mol. The number of nitrogens with zero attached hydrogens (tertiary/aromatic N) is 1. The standard InChI is InChI=1S/C18H30N2O/c1-4-15-7-6-11-20(12-10-15)16-8-9-17(18(21)13-16)14(3)19-5-2/h8-9,13-15,19,21H,4-7,10-12H2,1-3H3. The van der Waals surface area contributed by atoms with Gasteiger partial charge in [-0.3, -0.25) is 0 Å². The zero-order valence-electron chi connectivity index (χ0n) is 13.7. The molecule has 0 spiro atoms. The Balaban J connectivity index is 2.08. The average molecular weight is 290 g/mol. The minimum Gasteiger partial charge on any atom is -0.508 e. The maximum atomic E-state index is 10.3. The normalized spacial score (nSPS) is 21.1. The second-order valence-corrected chi connectivity index (χ2v) is 6.21. The van der Waals surface area contributed by atoms with Gasteiger partial charge < -0.3 is 15.3 Å². The third-order valence-electron chi connectivity index (χ3n) is 4.78. The van der Waals surface area contributed by atoms with E-state index >= 15 is 0 Å². The average Bonchev–Trinajstić information content (AvgIpc) is 2.72. The van der Waals surface area contributed by atoms with E-state index in [1.165, 1.54) is 25.7 Å². The molecule has 2 rings (SSSR count). The SMILES string of the molecule is CCNC(C)c1ccc(N2CCCC(CC)CC2)cc1O. The molecular formula is C18H30N2O. The highest BCUT2D eigenvalue weighted by Gasteiger charge is 2.17. The van der Waals surface area contributed by atoms with E-state index in [-0.39, 0.29) is 6.04 Å². The van der Waals surface area contributed by atoms with Crippen molar-refractivity contribution in [3.05, 3.63) is 23.8 Å². The summed E-state index contributed by atoms with van der Waals surface area (Å²) in [6.45, 7) is 9.60. The number of nitrogens with one attached hydrogen (secondary N) is 1. The molecule has 1 aromatic carbocycles. The van der Waals surface area contributed by atoms with Crippen LogP contribution in [-0.4, -0.2) is 24.7 Å². The number of anilines is 1. The van der Waals surface area contributed by atoms with Gasteiger partial charge >= 0.3 is 0 Å². The number of benzene rings is 1. The molecule has 1 aromatic rings. The van der Waals surface area contributed by atoms with Gasteiger partial charge in [0.2, 0.25) is 0 Å². The van der Waals surface area contributed by atoms with Gasteiger partial charge in [-0.2, -0.15) is 0 Å². The van der Waals surface area contributed by atoms with Gasteiger partial charge in [0.05, 0.1) is 0 Å². The number of phenols is 1. The molecule has 1 heterocycles. The molecule has 0 aliphatic carbocycles. The Bertz CT molecular complexity index is 447. The number of hydrogen-bond donors (Lipinski definition) is 2. The van der Waals surface area contributed by atoms with Crippen molar-refractivity contribution in [1.82, 2.24) is 5.32 Å². The van der Waals surface area contributed by atoms with Crippen molar-refractivity contribution >= 4 is 5.69 Å². The third-order valence-corrected chi connectivity index (χ3v) is 4.78. The predicted octanol–water partition coefficient (Wildman–Crippen LogP) is 4.08. The molecule has 1 aliphatic rings. The molecule has 0 saturated carbocycles. The fourth-order valence-electron chi connectivity index (χ4n) is 3.34. The first-order chi connectivity index (χ1) is 10.2. The van der Waals surface area contributed by atoms with Crippen LogP contribution in [0.1, 0.15) is 58.1 Å². The first-order valence-electron chi connectivity index (χ1n) is 8.46. The molecule has 0 amide bonds. The molecule has 0 aromatic heterocycles. The number of rotatable bonds is 5. The van der Waals surface area contributed by atoms with Gasteiger partial charge in [0.25, 0.3) is 0 Å². The van der Waals surface area contributed by atoms with Crippen LogP contribution in [0, 0.1) is 5.92 Å². The number of hydrogen-bond acceptors (Lipinski definition) is 3. The van der Waals surface area contributed by atoms with Crippen LogP contribution in [0.4, 0.5) is 5.69 Å². The minimum atomic E-state index is 0.192. The highest BCUT2D eigenvalue weighted by atomic mass is 16.3. The van der Waals surface area contributed by atoms with Crippen molar-refractivity contribution in [2.45, 2.75) is 52.5 Å². The predicted molar refractivity (Wildman–Crippen MR) is 90.0 cm³/mol. The van der Waals surface area contributed by atoms with E-state index in [0.717, 1.165) is 36.8 Å². The zero-order valence-corrected chi connectivity index (χ0v) is 13.7. The largest absolute Gasteiger partial charge is 0.508 e. The summed E-state index contributed by atoms with van der Waals surface area (Å²) in [6, 6.07) is 6.36. The van der Waals surface area contributed by atoms with Crippen LogP contribution < -0.4 is 10.2 Å². The van der Waals surface area contributed by atoms with Crippen LogP contribution in [0.5, 0.6) is 5.75 Å². The number of phenolic OH excluding ortho intramolecular Hbond substituents is 1. The first-order valence-corrected chi connectivity index (χ1v) is 8.46. The van der Waals surface area contributed by atoms with Crippen molar-refractivity contribution in [2.24, 2.45) is 5.92 Å². The van der Waals surface area contributed by atoms with E-state index in [9.17, 15) is 5.11 Å². The van der Waals surface area contributed by atoms with Gasteiger partial charge in [0.15, 0.2) is 0 Å². The summed E-state index contributed by atoms with van der Waals surface area (Å²) in [7, 11) is 0. The van der Waals surface area contributed by atoms with E-state index < -0.39 is 0 Å². The topological polar surface area (TPSA) is 35.5 Å². The fourth-order valence-corrected chi connectivity index (χ4v) is 3.34. The van der Waals surface area contributed by atoms with Crippen molar-refractivity contribution in [1.29, 1.82) is 0 Å². The highest BCUT2D eigenvalue weighted by molar-refractivity contribution is 5.54. The minimum absolute atomic E-state index is 0.192. The molecule has 2 unspecified atom stereocenters. The Morgan fingerprint density at radius 1 is 1.29 bits per heavy atom. The van der Waals surface area contributed by atoms with E-state index in [1.54, 1.807) is 0 Å². The lowest BCUT2D eigenvalue weighted by Crippen LogP contribution is -2.24. The van der Waals surface area contributed by atoms with Crippen LogP contribution in [-0.2, 0) is 0 Å². The Hall–Kier alpha value is -1.22. The second-order valence-electron chi connectivity index (χ2n) is 6.21. The van der Waals surface area contributed by atoms with Crippen LogP contribution in [0.15, 0.2) is 18.2 Å². The first kappa shape index (κ1) is 16.2. The molecule has 1 saturated heterocycles. The van der Waals surface area contributed by atoms with Gasteiger partial charge in [-0.25, -0.2) is 0 Å². The summed E-state index contributed by atoms with van der Waals surface area (Å²) in [5, 5.41) is 13.7. The van der Waals surface area contributed by atoms with Gasteiger partial charge in [0.1, 0.15) is 5.75 Å². The lowest BCUT2D eigenvalue weighted by Gasteiger charge is -2.24. The lowest BCUT2D eigenvalue weighted by atomic mass is 9.98. The fraction of sp³-hybridized carbons (Fsp3) is 0.667. The van der Waals surface area contributed by atoms with Gasteiger partial charge in [-0.05, 0) is 44.7 Å². The summed E-state index contributed by atoms with van der Waals surface area (Å²) < 4.78 is 0. The molecule has 0 radical (unpaired) electrons. The van der Waals surface area contributed by atoms with Crippen LogP contribution >= 0.6 is 0 Å². The second kappa shape index (κ2) is 7.69. The van der Waals surface area contributed by atoms with Gasteiger partial charge in [0, 0.05) is 36.4 Å². The molecule has 2 N–H and O–H groups in total. The van der Waals surface area contributed by atoms with Crippen LogP contribution in [0.3, 0.4) is 0 Å². The Morgan fingerprint density at radius 3 is 2.76 bits per heavy atom. The monoisotopic (exact) mass is 290 g/mol. The van der Waals surface area contributed by atoms with Crippen LogP contribution in [0.2, 0.25) is 0 Å². The van der Waals surface area contributed by atoms with Crippen molar-refractivity contribution < 1.29 is 5.11 Å². The molecule has 2 atom stereocenters. The van der Waals surface area contributed by atoms with Crippen molar-refractivity contribution in [3.8, 4) is 5.75 Å². The zero-order chi connectivity index (χ0) is 15.2. The maximum Gasteiger partial charge on any atom is 0.122 e. The molecule has 3 nitrogen and oxygen atoms in total. The Morgan fingerprint density at radius 2 is 2.10 bits per heavy atom. The van der Waals surface area contributed by atoms with E-state index in [0.29, 0.717) is 5.75 Å². The van der Waals surface area contributed by atoms with E-state index in [1.807, 2.05) is 6.07 Å². The van der Waals surface area contributed by atoms with Gasteiger partial charge in [-0.1, -0.05) is 26.3 Å². The molecule has 118 valence electrons. The summed E-state index contributed by atoms with van der Waals surface area (Å²) in [5.74, 6) is 1.29. The smallest absolute Gasteiger partial charge is 0.122 e.